The van der Waals surface area contributed by atoms with Crippen molar-refractivity contribution in [1.29, 1.82) is 0 Å². The van der Waals surface area contributed by atoms with Crippen molar-refractivity contribution in [2.45, 2.75) is 13.3 Å². The van der Waals surface area contributed by atoms with Crippen LogP contribution in [0.2, 0.25) is 0 Å². The minimum absolute atomic E-state index is 0.00100. The van der Waals surface area contributed by atoms with Crippen molar-refractivity contribution in [3.63, 3.8) is 0 Å². The second-order valence-electron chi connectivity index (χ2n) is 5.29. The van der Waals surface area contributed by atoms with E-state index in [1.165, 1.54) is 23.8 Å². The van der Waals surface area contributed by atoms with E-state index in [2.05, 4.69) is 11.2 Å². The number of carbonyl (C=O) groups is 2. The van der Waals surface area contributed by atoms with E-state index in [0.29, 0.717) is 22.8 Å². The molecule has 0 aliphatic carbocycles. The van der Waals surface area contributed by atoms with E-state index >= 15 is 0 Å². The minimum atomic E-state index is -0.00203. The molecule has 3 heterocycles. The lowest BCUT2D eigenvalue weighted by molar-refractivity contribution is 0.0777. The van der Waals surface area contributed by atoms with Gasteiger partial charge in [0.1, 0.15) is 0 Å². The quantitative estimate of drug-likeness (QED) is 0.818. The molecule has 0 radical (unpaired) electrons. The molecule has 1 aliphatic rings. The number of amides is 1. The van der Waals surface area contributed by atoms with Crippen LogP contribution in [0.1, 0.15) is 38.4 Å². The van der Waals surface area contributed by atoms with E-state index in [0.717, 1.165) is 12.1 Å². The number of nitrogens with zero attached hydrogens (tertiary/aromatic N) is 3. The van der Waals surface area contributed by atoms with Gasteiger partial charge in [0.25, 0.3) is 5.91 Å². The van der Waals surface area contributed by atoms with Gasteiger partial charge in [-0.3, -0.25) is 14.3 Å². The van der Waals surface area contributed by atoms with E-state index < -0.39 is 0 Å². The Hall–Kier alpha value is -2.21. The molecule has 1 amide bonds. The zero-order valence-electron chi connectivity index (χ0n) is 12.6. The molecule has 1 aliphatic heterocycles. The van der Waals surface area contributed by atoms with Gasteiger partial charge in [-0.25, -0.2) is 0 Å². The van der Waals surface area contributed by atoms with Gasteiger partial charge in [-0.05, 0) is 37.1 Å². The van der Waals surface area contributed by atoms with Crippen LogP contribution in [-0.4, -0.2) is 39.5 Å². The highest BCUT2D eigenvalue weighted by Crippen LogP contribution is 2.24. The van der Waals surface area contributed by atoms with Crippen LogP contribution in [0.15, 0.2) is 30.5 Å². The predicted molar refractivity (Wildman–Crippen MR) is 86.0 cm³/mol. The minimum Gasteiger partial charge on any atom is -0.334 e. The molecule has 22 heavy (non-hydrogen) atoms. The fourth-order valence-electron chi connectivity index (χ4n) is 2.57. The average Bonchev–Trinajstić information content (AvgIpc) is 3.15. The third-order valence-electron chi connectivity index (χ3n) is 3.81. The Morgan fingerprint density at radius 2 is 2.00 bits per heavy atom. The molecule has 2 aromatic heterocycles. The summed E-state index contributed by atoms with van der Waals surface area (Å²) in [5, 5.41) is 4.18. The topological polar surface area (TPSA) is 55.2 Å². The van der Waals surface area contributed by atoms with Crippen LogP contribution in [0.25, 0.3) is 5.57 Å². The smallest absolute Gasteiger partial charge is 0.264 e. The number of thiophene rings is 1. The van der Waals surface area contributed by atoms with Crippen LogP contribution in [0.5, 0.6) is 0 Å². The summed E-state index contributed by atoms with van der Waals surface area (Å²) in [6, 6.07) is 5.45. The number of Topliss-reactive ketones (excluding diaryl/α,β-unsaturated/α-hetero) is 1. The summed E-state index contributed by atoms with van der Waals surface area (Å²) in [6.07, 6.45) is 4.68. The van der Waals surface area contributed by atoms with Crippen molar-refractivity contribution >= 4 is 28.6 Å². The number of carbonyl (C=O) groups excluding carboxylic acids is 2. The molecule has 5 nitrogen and oxygen atoms in total. The summed E-state index contributed by atoms with van der Waals surface area (Å²) >= 11 is 1.27. The molecule has 0 N–H and O–H groups in total. The first-order valence-corrected chi connectivity index (χ1v) is 7.95. The second-order valence-corrected chi connectivity index (χ2v) is 6.37. The van der Waals surface area contributed by atoms with Gasteiger partial charge in [0.15, 0.2) is 5.78 Å². The van der Waals surface area contributed by atoms with E-state index in [9.17, 15) is 9.59 Å². The van der Waals surface area contributed by atoms with Gasteiger partial charge in [0.05, 0.1) is 15.4 Å². The lowest BCUT2D eigenvalue weighted by Crippen LogP contribution is -2.34. The largest absolute Gasteiger partial charge is 0.334 e. The van der Waals surface area contributed by atoms with Gasteiger partial charge in [0.2, 0.25) is 0 Å². The molecule has 114 valence electrons. The van der Waals surface area contributed by atoms with Crippen molar-refractivity contribution in [3.8, 4) is 0 Å². The van der Waals surface area contributed by atoms with Gasteiger partial charge in [0, 0.05) is 26.3 Å². The third kappa shape index (κ3) is 2.74. The third-order valence-corrected chi connectivity index (χ3v) is 4.98. The fourth-order valence-corrected chi connectivity index (χ4v) is 3.44. The van der Waals surface area contributed by atoms with Crippen molar-refractivity contribution < 1.29 is 9.59 Å². The summed E-state index contributed by atoms with van der Waals surface area (Å²) in [7, 11) is 1.92. The number of aromatic nitrogens is 2. The molecule has 0 unspecified atom stereocenters. The molecular formula is C16H17N3O2S. The maximum atomic E-state index is 12.5. The molecule has 0 bridgehead atoms. The van der Waals surface area contributed by atoms with Gasteiger partial charge < -0.3 is 4.90 Å². The Morgan fingerprint density at radius 3 is 2.55 bits per heavy atom. The monoisotopic (exact) mass is 315 g/mol. The van der Waals surface area contributed by atoms with Crippen molar-refractivity contribution in [2.24, 2.45) is 7.05 Å². The van der Waals surface area contributed by atoms with E-state index in [-0.39, 0.29) is 11.7 Å². The predicted octanol–water partition coefficient (Wildman–Crippen LogP) is 2.61. The zero-order chi connectivity index (χ0) is 15.7. The SMILES string of the molecule is CC(=O)c1ccc(C(=O)N2CC=C(c3ccnn3C)CC2)s1. The van der Waals surface area contributed by atoms with Crippen molar-refractivity contribution in [2.75, 3.05) is 13.1 Å². The van der Waals surface area contributed by atoms with Crippen LogP contribution < -0.4 is 0 Å². The maximum absolute atomic E-state index is 12.5. The standard InChI is InChI=1S/C16H17N3O2S/c1-11(20)14-3-4-15(22-14)16(21)19-9-6-12(7-10-19)13-5-8-17-18(13)2/h3-6,8H,7,9-10H2,1-2H3. The summed E-state index contributed by atoms with van der Waals surface area (Å²) < 4.78 is 1.85. The molecular weight excluding hydrogens is 298 g/mol. The summed E-state index contributed by atoms with van der Waals surface area (Å²) in [4.78, 5) is 26.9. The molecule has 0 fully saturated rings. The van der Waals surface area contributed by atoms with Gasteiger partial charge in [-0.2, -0.15) is 5.10 Å². The average molecular weight is 315 g/mol. The maximum Gasteiger partial charge on any atom is 0.264 e. The highest BCUT2D eigenvalue weighted by molar-refractivity contribution is 7.15. The highest BCUT2D eigenvalue weighted by Gasteiger charge is 2.22. The molecule has 0 saturated carbocycles. The van der Waals surface area contributed by atoms with Crippen molar-refractivity contribution in [3.05, 3.63) is 45.9 Å². The molecule has 3 rings (SSSR count). The lowest BCUT2D eigenvalue weighted by atomic mass is 10.0. The Labute approximate surface area is 132 Å². The van der Waals surface area contributed by atoms with Crippen LogP contribution in [0, 0.1) is 0 Å². The Balaban J connectivity index is 1.72. The summed E-state index contributed by atoms with van der Waals surface area (Å²) in [5.74, 6) is -0.00103. The molecule has 0 saturated heterocycles. The first-order valence-electron chi connectivity index (χ1n) is 7.13. The van der Waals surface area contributed by atoms with Crippen LogP contribution in [0.3, 0.4) is 0 Å². The number of rotatable bonds is 3. The first kappa shape index (κ1) is 14.7. The first-order chi connectivity index (χ1) is 10.6. The van der Waals surface area contributed by atoms with Gasteiger partial charge in [-0.1, -0.05) is 6.08 Å². The molecule has 2 aromatic rings. The fraction of sp³-hybridized carbons (Fsp3) is 0.312. The molecule has 0 aromatic carbocycles. The highest BCUT2D eigenvalue weighted by atomic mass is 32.1. The molecule has 0 atom stereocenters. The Kier molecular flexibility index (Phi) is 3.94. The van der Waals surface area contributed by atoms with Crippen LogP contribution in [0.4, 0.5) is 0 Å². The van der Waals surface area contributed by atoms with Crippen LogP contribution in [-0.2, 0) is 7.05 Å². The number of hydrogen-bond donors (Lipinski definition) is 0. The summed E-state index contributed by atoms with van der Waals surface area (Å²) in [6.45, 7) is 2.79. The lowest BCUT2D eigenvalue weighted by Gasteiger charge is -2.26. The zero-order valence-corrected chi connectivity index (χ0v) is 13.4. The van der Waals surface area contributed by atoms with Gasteiger partial charge >= 0.3 is 0 Å². The molecule has 0 spiro atoms. The number of hydrogen-bond acceptors (Lipinski definition) is 4. The van der Waals surface area contributed by atoms with Crippen LogP contribution >= 0.6 is 11.3 Å². The van der Waals surface area contributed by atoms with E-state index in [4.69, 9.17) is 0 Å². The number of aryl methyl sites for hydroxylation is 1. The Morgan fingerprint density at radius 1 is 1.23 bits per heavy atom. The normalized spacial score (nSPS) is 14.8. The van der Waals surface area contributed by atoms with Gasteiger partial charge in [-0.15, -0.1) is 11.3 Å². The number of ketones is 1. The van der Waals surface area contributed by atoms with E-state index in [1.807, 2.05) is 22.7 Å². The Bertz CT molecular complexity index is 757. The van der Waals surface area contributed by atoms with E-state index in [1.54, 1.807) is 18.3 Å². The summed E-state index contributed by atoms with van der Waals surface area (Å²) in [5.41, 5.74) is 2.32. The van der Waals surface area contributed by atoms with Crippen molar-refractivity contribution in [1.82, 2.24) is 14.7 Å². The molecule has 6 heteroatoms. The second kappa shape index (κ2) is 5.88.